The normalized spacial score (nSPS) is 12.3. The number of rotatable bonds is 6. The Morgan fingerprint density at radius 2 is 2.00 bits per heavy atom. The molecule has 23 heavy (non-hydrogen) atoms. The van der Waals surface area contributed by atoms with Gasteiger partial charge in [-0.05, 0) is 25.1 Å². The standard InChI is InChI=1S/C17H20N4O2/c1-12(17-20-19-16-6-4-5-9-21(16)17)18-11-13-7-8-14(22-2)10-15(13)23-3/h4-10,12,18H,11H2,1-3H3. The van der Waals surface area contributed by atoms with Crippen molar-refractivity contribution < 1.29 is 9.47 Å². The summed E-state index contributed by atoms with van der Waals surface area (Å²) in [6.07, 6.45) is 1.97. The third kappa shape index (κ3) is 3.12. The van der Waals surface area contributed by atoms with Gasteiger partial charge in [0.25, 0.3) is 0 Å². The predicted octanol–water partition coefficient (Wildman–Crippen LogP) is 2.60. The number of hydrogen-bond donors (Lipinski definition) is 1. The molecule has 3 rings (SSSR count). The average molecular weight is 312 g/mol. The lowest BCUT2D eigenvalue weighted by atomic mass is 10.1. The molecule has 6 nitrogen and oxygen atoms in total. The Labute approximate surface area is 135 Å². The van der Waals surface area contributed by atoms with Crippen LogP contribution in [-0.4, -0.2) is 28.8 Å². The molecule has 0 bridgehead atoms. The van der Waals surface area contributed by atoms with Gasteiger partial charge in [0.15, 0.2) is 11.5 Å². The summed E-state index contributed by atoms with van der Waals surface area (Å²) in [6.45, 7) is 2.73. The van der Waals surface area contributed by atoms with Gasteiger partial charge in [-0.25, -0.2) is 0 Å². The third-order valence-electron chi connectivity index (χ3n) is 3.82. The number of benzene rings is 1. The van der Waals surface area contributed by atoms with Crippen LogP contribution in [0, 0.1) is 0 Å². The molecule has 0 aliphatic rings. The third-order valence-corrected chi connectivity index (χ3v) is 3.82. The molecule has 1 aromatic carbocycles. The van der Waals surface area contributed by atoms with Crippen LogP contribution in [0.1, 0.15) is 24.4 Å². The molecule has 120 valence electrons. The van der Waals surface area contributed by atoms with Crippen molar-refractivity contribution in [1.82, 2.24) is 19.9 Å². The lowest BCUT2D eigenvalue weighted by molar-refractivity contribution is 0.388. The molecule has 0 aliphatic carbocycles. The Hall–Kier alpha value is -2.60. The van der Waals surface area contributed by atoms with Gasteiger partial charge in [-0.15, -0.1) is 10.2 Å². The van der Waals surface area contributed by atoms with Crippen LogP contribution in [0.15, 0.2) is 42.6 Å². The number of fused-ring (bicyclic) bond motifs is 1. The molecule has 2 heterocycles. The summed E-state index contributed by atoms with van der Waals surface area (Å²) in [5.74, 6) is 2.46. The molecule has 2 aromatic heterocycles. The number of ether oxygens (including phenoxy) is 2. The molecule has 0 saturated heterocycles. The molecule has 0 amide bonds. The Kier molecular flexibility index (Phi) is 4.43. The number of nitrogens with one attached hydrogen (secondary N) is 1. The lowest BCUT2D eigenvalue weighted by Crippen LogP contribution is -2.20. The summed E-state index contributed by atoms with van der Waals surface area (Å²) in [4.78, 5) is 0. The monoisotopic (exact) mass is 312 g/mol. The van der Waals surface area contributed by atoms with Gasteiger partial charge in [-0.2, -0.15) is 0 Å². The molecular weight excluding hydrogens is 292 g/mol. The quantitative estimate of drug-likeness (QED) is 0.758. The second-order valence-corrected chi connectivity index (χ2v) is 5.27. The molecule has 0 saturated carbocycles. The zero-order valence-electron chi connectivity index (χ0n) is 13.5. The second-order valence-electron chi connectivity index (χ2n) is 5.27. The molecule has 0 radical (unpaired) electrons. The minimum absolute atomic E-state index is 0.0548. The molecule has 0 fully saturated rings. The van der Waals surface area contributed by atoms with E-state index >= 15 is 0 Å². The summed E-state index contributed by atoms with van der Waals surface area (Å²) in [7, 11) is 3.30. The smallest absolute Gasteiger partial charge is 0.160 e. The summed E-state index contributed by atoms with van der Waals surface area (Å²) >= 11 is 0. The maximum absolute atomic E-state index is 5.43. The van der Waals surface area contributed by atoms with E-state index in [1.165, 1.54) is 0 Å². The van der Waals surface area contributed by atoms with Gasteiger partial charge in [0.2, 0.25) is 0 Å². The van der Waals surface area contributed by atoms with Gasteiger partial charge in [0.05, 0.1) is 20.3 Å². The van der Waals surface area contributed by atoms with Gasteiger partial charge >= 0.3 is 0 Å². The molecule has 1 atom stereocenters. The van der Waals surface area contributed by atoms with Crippen molar-refractivity contribution in [3.8, 4) is 11.5 Å². The largest absolute Gasteiger partial charge is 0.497 e. The van der Waals surface area contributed by atoms with Crippen molar-refractivity contribution in [2.45, 2.75) is 19.5 Å². The van der Waals surface area contributed by atoms with E-state index in [0.717, 1.165) is 28.5 Å². The van der Waals surface area contributed by atoms with Gasteiger partial charge in [-0.3, -0.25) is 4.40 Å². The van der Waals surface area contributed by atoms with E-state index in [-0.39, 0.29) is 6.04 Å². The summed E-state index contributed by atoms with van der Waals surface area (Å²) < 4.78 is 12.6. The highest BCUT2D eigenvalue weighted by atomic mass is 16.5. The van der Waals surface area contributed by atoms with Crippen LogP contribution < -0.4 is 14.8 Å². The molecular formula is C17H20N4O2. The SMILES string of the molecule is COc1ccc(CNC(C)c2nnc3ccccn23)c(OC)c1. The van der Waals surface area contributed by atoms with Crippen LogP contribution in [0.3, 0.4) is 0 Å². The van der Waals surface area contributed by atoms with Crippen molar-refractivity contribution >= 4 is 5.65 Å². The number of pyridine rings is 1. The molecule has 6 heteroatoms. The Balaban J connectivity index is 1.75. The van der Waals surface area contributed by atoms with Crippen LogP contribution in [0.5, 0.6) is 11.5 Å². The minimum Gasteiger partial charge on any atom is -0.497 e. The zero-order chi connectivity index (χ0) is 16.2. The van der Waals surface area contributed by atoms with Crippen LogP contribution in [0.4, 0.5) is 0 Å². The first-order valence-corrected chi connectivity index (χ1v) is 7.47. The fraction of sp³-hybridized carbons (Fsp3) is 0.294. The first kappa shape index (κ1) is 15.3. The topological polar surface area (TPSA) is 60.7 Å². The average Bonchev–Trinajstić information content (AvgIpc) is 3.03. The van der Waals surface area contributed by atoms with Crippen LogP contribution in [-0.2, 0) is 6.54 Å². The fourth-order valence-electron chi connectivity index (χ4n) is 2.51. The lowest BCUT2D eigenvalue weighted by Gasteiger charge is -2.15. The van der Waals surface area contributed by atoms with Crippen LogP contribution in [0.2, 0.25) is 0 Å². The van der Waals surface area contributed by atoms with Crippen molar-refractivity contribution in [1.29, 1.82) is 0 Å². The van der Waals surface area contributed by atoms with E-state index < -0.39 is 0 Å². The highest BCUT2D eigenvalue weighted by Crippen LogP contribution is 2.25. The van der Waals surface area contributed by atoms with Crippen molar-refractivity contribution in [2.75, 3.05) is 14.2 Å². The van der Waals surface area contributed by atoms with Gasteiger partial charge in [0, 0.05) is 24.4 Å². The molecule has 1 N–H and O–H groups in total. The van der Waals surface area contributed by atoms with E-state index in [1.54, 1.807) is 14.2 Å². The highest BCUT2D eigenvalue weighted by Gasteiger charge is 2.13. The van der Waals surface area contributed by atoms with E-state index in [1.807, 2.05) is 47.0 Å². The molecule has 0 spiro atoms. The molecule has 0 aliphatic heterocycles. The second kappa shape index (κ2) is 6.66. The van der Waals surface area contributed by atoms with Gasteiger partial charge in [0.1, 0.15) is 11.5 Å². The van der Waals surface area contributed by atoms with Crippen LogP contribution in [0.25, 0.3) is 5.65 Å². The highest BCUT2D eigenvalue weighted by molar-refractivity contribution is 5.41. The van der Waals surface area contributed by atoms with E-state index in [9.17, 15) is 0 Å². The van der Waals surface area contributed by atoms with E-state index in [4.69, 9.17) is 9.47 Å². The first-order chi connectivity index (χ1) is 11.2. The maximum atomic E-state index is 5.43. The van der Waals surface area contributed by atoms with E-state index in [2.05, 4.69) is 22.4 Å². The minimum atomic E-state index is 0.0548. The molecule has 3 aromatic rings. The van der Waals surface area contributed by atoms with Crippen molar-refractivity contribution in [3.63, 3.8) is 0 Å². The first-order valence-electron chi connectivity index (χ1n) is 7.47. The van der Waals surface area contributed by atoms with Gasteiger partial charge < -0.3 is 14.8 Å². The van der Waals surface area contributed by atoms with E-state index in [0.29, 0.717) is 6.54 Å². The predicted molar refractivity (Wildman–Crippen MR) is 87.8 cm³/mol. The number of methoxy groups -OCH3 is 2. The van der Waals surface area contributed by atoms with Gasteiger partial charge in [-0.1, -0.05) is 12.1 Å². The summed E-state index contributed by atoms with van der Waals surface area (Å²) in [5.41, 5.74) is 1.91. The van der Waals surface area contributed by atoms with Crippen molar-refractivity contribution in [3.05, 3.63) is 54.0 Å². The summed E-state index contributed by atoms with van der Waals surface area (Å²) in [6, 6.07) is 11.7. The number of aromatic nitrogens is 3. The maximum Gasteiger partial charge on any atom is 0.160 e. The van der Waals surface area contributed by atoms with Crippen molar-refractivity contribution in [2.24, 2.45) is 0 Å². The Morgan fingerprint density at radius 3 is 2.78 bits per heavy atom. The Morgan fingerprint density at radius 1 is 1.13 bits per heavy atom. The number of nitrogens with zero attached hydrogens (tertiary/aromatic N) is 3. The fourth-order valence-corrected chi connectivity index (χ4v) is 2.51. The molecule has 1 unspecified atom stereocenters. The number of hydrogen-bond acceptors (Lipinski definition) is 5. The zero-order valence-corrected chi connectivity index (χ0v) is 13.5. The van der Waals surface area contributed by atoms with Crippen LogP contribution >= 0.6 is 0 Å². The Bertz CT molecular complexity index is 800. The summed E-state index contributed by atoms with van der Waals surface area (Å²) in [5, 5.41) is 11.9.